The second-order valence-electron chi connectivity index (χ2n) is 7.42. The summed E-state index contributed by atoms with van der Waals surface area (Å²) >= 11 is 0. The summed E-state index contributed by atoms with van der Waals surface area (Å²) in [5.74, 6) is -0.496. The van der Waals surface area contributed by atoms with Gasteiger partial charge in [-0.05, 0) is 49.7 Å². The van der Waals surface area contributed by atoms with Crippen LogP contribution in [0.1, 0.15) is 27.0 Å². The van der Waals surface area contributed by atoms with E-state index in [0.29, 0.717) is 22.2 Å². The Kier molecular flexibility index (Phi) is 5.23. The number of carbonyl (C=O) groups is 1. The number of carbonyl (C=O) groups excluding carboxylic acids is 1. The van der Waals surface area contributed by atoms with Gasteiger partial charge in [0.25, 0.3) is 5.91 Å². The van der Waals surface area contributed by atoms with Crippen LogP contribution in [0.25, 0.3) is 22.2 Å². The van der Waals surface area contributed by atoms with Crippen LogP contribution >= 0.6 is 0 Å². The molecule has 156 valence electrons. The highest BCUT2D eigenvalue weighted by Crippen LogP contribution is 2.31. The van der Waals surface area contributed by atoms with E-state index < -0.39 is 17.6 Å². The number of hydrogen-bond donors (Lipinski definition) is 1. The topological polar surface area (TPSA) is 42.0 Å². The smallest absolute Gasteiger partial charge is 0.322 e. The summed E-state index contributed by atoms with van der Waals surface area (Å²) in [6, 6.07) is 19.4. The van der Waals surface area contributed by atoms with Crippen LogP contribution < -0.4 is 5.32 Å². The van der Waals surface area contributed by atoms with Crippen LogP contribution in [0, 0.1) is 13.8 Å². The molecule has 1 amide bonds. The van der Waals surface area contributed by atoms with Crippen molar-refractivity contribution in [3.05, 3.63) is 95.1 Å². The van der Waals surface area contributed by atoms with Gasteiger partial charge in [0.2, 0.25) is 0 Å². The Morgan fingerprint density at radius 1 is 0.903 bits per heavy atom. The Morgan fingerprint density at radius 2 is 1.68 bits per heavy atom. The molecular formula is C25H19F3N2O. The molecule has 31 heavy (non-hydrogen) atoms. The molecule has 0 radical (unpaired) electrons. The van der Waals surface area contributed by atoms with Gasteiger partial charge in [0.05, 0.1) is 22.3 Å². The van der Waals surface area contributed by atoms with Crippen LogP contribution in [0.15, 0.2) is 72.8 Å². The van der Waals surface area contributed by atoms with Gasteiger partial charge >= 0.3 is 6.18 Å². The third-order valence-corrected chi connectivity index (χ3v) is 5.07. The van der Waals surface area contributed by atoms with Crippen molar-refractivity contribution in [1.29, 1.82) is 0 Å². The molecule has 0 bridgehead atoms. The number of nitrogens with one attached hydrogen (secondary N) is 1. The Balaban J connectivity index is 1.79. The zero-order chi connectivity index (χ0) is 22.2. The van der Waals surface area contributed by atoms with E-state index in [1.165, 1.54) is 12.1 Å². The lowest BCUT2D eigenvalue weighted by molar-refractivity contribution is -0.137. The molecule has 0 fully saturated rings. The minimum atomic E-state index is -4.49. The minimum Gasteiger partial charge on any atom is -0.322 e. The van der Waals surface area contributed by atoms with E-state index >= 15 is 0 Å². The third kappa shape index (κ3) is 4.28. The molecule has 1 aromatic heterocycles. The normalized spacial score (nSPS) is 11.5. The molecule has 4 rings (SSSR count). The molecule has 0 saturated heterocycles. The van der Waals surface area contributed by atoms with Gasteiger partial charge in [0, 0.05) is 16.6 Å². The van der Waals surface area contributed by atoms with Gasteiger partial charge in [-0.15, -0.1) is 0 Å². The predicted octanol–water partition coefficient (Wildman–Crippen LogP) is 6.79. The third-order valence-electron chi connectivity index (χ3n) is 5.07. The number of hydrogen-bond acceptors (Lipinski definition) is 2. The number of nitrogens with zero attached hydrogens (tertiary/aromatic N) is 1. The molecule has 0 saturated carbocycles. The van der Waals surface area contributed by atoms with Crippen molar-refractivity contribution in [1.82, 2.24) is 4.98 Å². The van der Waals surface area contributed by atoms with Gasteiger partial charge in [0.1, 0.15) is 0 Å². The molecule has 6 heteroatoms. The van der Waals surface area contributed by atoms with Gasteiger partial charge in [0.15, 0.2) is 0 Å². The molecule has 1 heterocycles. The van der Waals surface area contributed by atoms with Crippen molar-refractivity contribution >= 4 is 22.5 Å². The molecule has 4 aromatic rings. The van der Waals surface area contributed by atoms with Crippen LogP contribution in [-0.2, 0) is 6.18 Å². The number of benzene rings is 3. The lowest BCUT2D eigenvalue weighted by Gasteiger charge is -2.13. The van der Waals surface area contributed by atoms with Crippen molar-refractivity contribution in [2.75, 3.05) is 5.32 Å². The first-order valence-corrected chi connectivity index (χ1v) is 9.68. The number of halogens is 3. The second kappa shape index (κ2) is 7.87. The van der Waals surface area contributed by atoms with Gasteiger partial charge in [-0.3, -0.25) is 4.79 Å². The number of pyridine rings is 1. The number of rotatable bonds is 3. The quantitative estimate of drug-likeness (QED) is 0.396. The highest BCUT2D eigenvalue weighted by atomic mass is 19.4. The fourth-order valence-corrected chi connectivity index (χ4v) is 3.57. The van der Waals surface area contributed by atoms with Crippen LogP contribution in [0.5, 0.6) is 0 Å². The maximum atomic E-state index is 13.1. The van der Waals surface area contributed by atoms with Crippen LogP contribution in [-0.4, -0.2) is 10.9 Å². The highest BCUT2D eigenvalue weighted by molar-refractivity contribution is 6.13. The Bertz CT molecular complexity index is 1300. The Hall–Kier alpha value is -3.67. The van der Waals surface area contributed by atoms with E-state index in [0.717, 1.165) is 28.8 Å². The average Bonchev–Trinajstić information content (AvgIpc) is 2.72. The number of alkyl halides is 3. The first kappa shape index (κ1) is 20.6. The van der Waals surface area contributed by atoms with Gasteiger partial charge < -0.3 is 5.32 Å². The standard InChI is InChI=1S/C25H19F3N2O/c1-15-10-11-19(16(2)12-15)23-14-21(20-8-3-4-9-22(20)30-23)24(31)29-18-7-5-6-17(13-18)25(26,27)28/h3-14H,1-2H3,(H,29,31). The maximum absolute atomic E-state index is 13.1. The van der Waals surface area contributed by atoms with Crippen molar-refractivity contribution in [3.8, 4) is 11.3 Å². The van der Waals surface area contributed by atoms with Gasteiger partial charge in [-0.2, -0.15) is 13.2 Å². The fraction of sp³-hybridized carbons (Fsp3) is 0.120. The number of amides is 1. The van der Waals surface area contributed by atoms with Crippen molar-refractivity contribution < 1.29 is 18.0 Å². The largest absolute Gasteiger partial charge is 0.416 e. The summed E-state index contributed by atoms with van der Waals surface area (Å²) in [7, 11) is 0. The van der Waals surface area contributed by atoms with Gasteiger partial charge in [-0.1, -0.05) is 48.0 Å². The molecule has 0 unspecified atom stereocenters. The van der Waals surface area contributed by atoms with Crippen LogP contribution in [0.4, 0.5) is 18.9 Å². The van der Waals surface area contributed by atoms with E-state index in [-0.39, 0.29) is 5.69 Å². The number of para-hydroxylation sites is 1. The Morgan fingerprint density at radius 3 is 2.42 bits per heavy atom. The molecular weight excluding hydrogens is 401 g/mol. The predicted molar refractivity (Wildman–Crippen MR) is 116 cm³/mol. The maximum Gasteiger partial charge on any atom is 0.416 e. The van der Waals surface area contributed by atoms with E-state index in [4.69, 9.17) is 4.98 Å². The zero-order valence-corrected chi connectivity index (χ0v) is 16.9. The number of fused-ring (bicyclic) bond motifs is 1. The molecule has 0 aliphatic rings. The van der Waals surface area contributed by atoms with Crippen molar-refractivity contribution in [3.63, 3.8) is 0 Å². The lowest BCUT2D eigenvalue weighted by atomic mass is 9.99. The second-order valence-corrected chi connectivity index (χ2v) is 7.42. The van der Waals surface area contributed by atoms with Crippen molar-refractivity contribution in [2.45, 2.75) is 20.0 Å². The fourth-order valence-electron chi connectivity index (χ4n) is 3.57. The SMILES string of the molecule is Cc1ccc(-c2cc(C(=O)Nc3cccc(C(F)(F)F)c3)c3ccccc3n2)c(C)c1. The summed E-state index contributed by atoms with van der Waals surface area (Å²) in [5, 5.41) is 3.22. The molecule has 3 aromatic carbocycles. The summed E-state index contributed by atoms with van der Waals surface area (Å²) < 4.78 is 39.1. The molecule has 0 aliphatic carbocycles. The van der Waals surface area contributed by atoms with E-state index in [9.17, 15) is 18.0 Å². The monoisotopic (exact) mass is 420 g/mol. The first-order chi connectivity index (χ1) is 14.7. The van der Waals surface area contributed by atoms with E-state index in [2.05, 4.69) is 5.32 Å². The first-order valence-electron chi connectivity index (χ1n) is 9.68. The number of anilines is 1. The van der Waals surface area contributed by atoms with Crippen LogP contribution in [0.3, 0.4) is 0 Å². The van der Waals surface area contributed by atoms with E-state index in [1.807, 2.05) is 44.2 Å². The summed E-state index contributed by atoms with van der Waals surface area (Å²) in [6.07, 6.45) is -4.49. The molecule has 0 atom stereocenters. The summed E-state index contributed by atoms with van der Waals surface area (Å²) in [6.45, 7) is 3.97. The summed E-state index contributed by atoms with van der Waals surface area (Å²) in [4.78, 5) is 17.8. The van der Waals surface area contributed by atoms with Crippen molar-refractivity contribution in [2.24, 2.45) is 0 Å². The average molecular weight is 420 g/mol. The number of aryl methyl sites for hydroxylation is 2. The lowest BCUT2D eigenvalue weighted by Crippen LogP contribution is -2.14. The molecule has 0 aliphatic heterocycles. The van der Waals surface area contributed by atoms with Gasteiger partial charge in [-0.25, -0.2) is 4.98 Å². The highest BCUT2D eigenvalue weighted by Gasteiger charge is 2.30. The van der Waals surface area contributed by atoms with Crippen LogP contribution in [0.2, 0.25) is 0 Å². The zero-order valence-electron chi connectivity index (χ0n) is 16.9. The molecule has 3 nitrogen and oxygen atoms in total. The minimum absolute atomic E-state index is 0.0776. The van der Waals surface area contributed by atoms with E-state index in [1.54, 1.807) is 18.2 Å². The molecule has 1 N–H and O–H groups in total. The summed E-state index contributed by atoms with van der Waals surface area (Å²) in [5.41, 5.74) is 3.90. The Labute approximate surface area is 177 Å². The number of aromatic nitrogens is 1. The molecule has 0 spiro atoms.